The fourth-order valence-corrected chi connectivity index (χ4v) is 16.0. The maximum absolute atomic E-state index is 2.86. The average Bonchev–Trinajstić information content (AvgIpc) is 1.09. The molecule has 3 nitrogen and oxygen atoms in total. The van der Waals surface area contributed by atoms with Crippen LogP contribution in [0.5, 0.6) is 0 Å². The third-order valence-electron chi connectivity index (χ3n) is 21.4. The van der Waals surface area contributed by atoms with Gasteiger partial charge in [-0.25, -0.2) is 0 Å². The summed E-state index contributed by atoms with van der Waals surface area (Å²) in [4.78, 5) is 8.28. The minimum Gasteiger partial charge on any atom is -0.334 e. The van der Waals surface area contributed by atoms with Crippen LogP contribution in [0.1, 0.15) is 173 Å². The zero-order valence-electron chi connectivity index (χ0n) is 55.9. The second kappa shape index (κ2) is 21.7. The van der Waals surface area contributed by atoms with Crippen molar-refractivity contribution in [3.63, 3.8) is 0 Å². The van der Waals surface area contributed by atoms with Crippen molar-refractivity contribution in [1.82, 2.24) is 0 Å². The molecule has 3 aliphatic heterocycles. The van der Waals surface area contributed by atoms with Crippen LogP contribution in [0, 0.1) is 0 Å². The third-order valence-corrected chi connectivity index (χ3v) is 21.4. The SMILES string of the molecule is CC(C)(C)c1ccc2c(c1)B1c3cc(C(C)(C)C)ccc3N(c3ccc(C(C)(C)C)cc3-c3ccccc3)c3cc(N4c5ccc(C(Cc6ccccc6)c6ccccc6)cc5C5(C)CCCCC45C)cc(c31)N2c1ccc(C(C)(C)C)cc1-c1ccccc1. The fourth-order valence-electron chi connectivity index (χ4n) is 16.0. The second-order valence-corrected chi connectivity index (χ2v) is 31.3. The quantitative estimate of drug-likeness (QED) is 0.133. The Hall–Kier alpha value is -8.34. The summed E-state index contributed by atoms with van der Waals surface area (Å²) >= 11 is 0. The van der Waals surface area contributed by atoms with Crippen molar-refractivity contribution >= 4 is 68.6 Å². The van der Waals surface area contributed by atoms with Gasteiger partial charge in [0.15, 0.2) is 0 Å². The number of rotatable bonds is 9. The van der Waals surface area contributed by atoms with Gasteiger partial charge in [-0.3, -0.25) is 0 Å². The van der Waals surface area contributed by atoms with Crippen LogP contribution < -0.4 is 31.1 Å². The van der Waals surface area contributed by atoms with Crippen LogP contribution in [0.4, 0.5) is 45.5 Å². The summed E-state index contributed by atoms with van der Waals surface area (Å²) in [5.41, 5.74) is 28.9. The van der Waals surface area contributed by atoms with Crippen molar-refractivity contribution in [3.8, 4) is 22.3 Å². The van der Waals surface area contributed by atoms with Crippen LogP contribution in [0.3, 0.4) is 0 Å². The minimum atomic E-state index is -0.251. The molecule has 4 heteroatoms. The molecule has 3 unspecified atom stereocenters. The summed E-state index contributed by atoms with van der Waals surface area (Å²) in [5.74, 6) is 0.198. The molecule has 3 atom stereocenters. The number of hydrogen-bond donors (Lipinski definition) is 0. The van der Waals surface area contributed by atoms with Gasteiger partial charge >= 0.3 is 0 Å². The zero-order chi connectivity index (χ0) is 62.9. The Balaban J connectivity index is 1.11. The highest BCUT2D eigenvalue weighted by molar-refractivity contribution is 7.00. The largest absolute Gasteiger partial charge is 0.334 e. The van der Waals surface area contributed by atoms with E-state index in [0.29, 0.717) is 0 Å². The fraction of sp³-hybridized carbons (Fsp3) is 0.302. The van der Waals surface area contributed by atoms with Gasteiger partial charge in [-0.1, -0.05) is 273 Å². The molecule has 452 valence electrons. The van der Waals surface area contributed by atoms with E-state index in [4.69, 9.17) is 0 Å². The molecule has 3 heterocycles. The summed E-state index contributed by atoms with van der Waals surface area (Å²) < 4.78 is 0. The summed E-state index contributed by atoms with van der Waals surface area (Å²) in [6, 6.07) is 87.6. The molecule has 0 aromatic heterocycles. The lowest BCUT2D eigenvalue weighted by Crippen LogP contribution is -2.62. The summed E-state index contributed by atoms with van der Waals surface area (Å²) in [5, 5.41) is 0. The molecular formula is C86H90BN3. The van der Waals surface area contributed by atoms with E-state index >= 15 is 0 Å². The molecule has 10 aromatic carbocycles. The van der Waals surface area contributed by atoms with E-state index in [1.165, 1.54) is 141 Å². The van der Waals surface area contributed by atoms with E-state index in [2.05, 4.69) is 336 Å². The smallest absolute Gasteiger partial charge is 0.252 e. The molecule has 1 saturated carbocycles. The van der Waals surface area contributed by atoms with E-state index in [9.17, 15) is 0 Å². The Morgan fingerprint density at radius 3 is 1.27 bits per heavy atom. The Bertz CT molecular complexity index is 4170. The standard InChI is InChI=1S/C86H90BN3/c1-81(2,3)62-38-43-73(68(51-62)59-33-23-17-24-34-59)88-76-45-40-64(83(7,8)9)53-71(76)87-72-54-65(84(10,11)12)41-46-77(72)89(74-44-39-63(82(4,5)6)52-69(74)60-35-25-18-26-36-60)79-56-66(55-78(88)80(79)87)90-75-42-37-61(50-70(75)85(13)47-27-28-48-86(85,90)14)67(58-31-21-16-22-32-58)49-57-29-19-15-20-30-57/h15-26,29-46,50-56,67H,27-28,47-49H2,1-14H3. The summed E-state index contributed by atoms with van der Waals surface area (Å²) in [6.45, 7) is 33.5. The highest BCUT2D eigenvalue weighted by atomic mass is 15.3. The lowest BCUT2D eigenvalue weighted by Gasteiger charge is -2.51. The average molecular weight is 1180 g/mol. The molecular weight excluding hydrogens is 1090 g/mol. The highest BCUT2D eigenvalue weighted by Gasteiger charge is 2.58. The van der Waals surface area contributed by atoms with Gasteiger partial charge in [0.2, 0.25) is 0 Å². The van der Waals surface area contributed by atoms with Crippen LogP contribution >= 0.6 is 0 Å². The number of anilines is 8. The molecule has 10 aromatic rings. The van der Waals surface area contributed by atoms with E-state index in [1.807, 2.05) is 0 Å². The molecule has 90 heavy (non-hydrogen) atoms. The maximum Gasteiger partial charge on any atom is 0.252 e. The number of fused-ring (bicyclic) bond motifs is 7. The Morgan fingerprint density at radius 2 is 0.800 bits per heavy atom. The third kappa shape index (κ3) is 9.94. The van der Waals surface area contributed by atoms with Crippen LogP contribution in [-0.2, 0) is 33.5 Å². The molecule has 0 saturated heterocycles. The lowest BCUT2D eigenvalue weighted by molar-refractivity contribution is 0.195. The van der Waals surface area contributed by atoms with Gasteiger partial charge < -0.3 is 14.7 Å². The van der Waals surface area contributed by atoms with E-state index in [-0.39, 0.29) is 45.2 Å². The topological polar surface area (TPSA) is 9.72 Å². The van der Waals surface area contributed by atoms with Crippen LogP contribution in [0.15, 0.2) is 224 Å². The van der Waals surface area contributed by atoms with E-state index in [1.54, 1.807) is 0 Å². The highest BCUT2D eigenvalue weighted by Crippen LogP contribution is 2.63. The molecule has 0 N–H and O–H groups in total. The van der Waals surface area contributed by atoms with Crippen molar-refractivity contribution in [2.75, 3.05) is 14.7 Å². The number of nitrogens with zero attached hydrogens (tertiary/aromatic N) is 3. The molecule has 0 spiro atoms. The van der Waals surface area contributed by atoms with Gasteiger partial charge in [-0.05, 0) is 174 Å². The zero-order valence-corrected chi connectivity index (χ0v) is 55.9. The van der Waals surface area contributed by atoms with Crippen molar-refractivity contribution in [2.45, 2.75) is 168 Å². The van der Waals surface area contributed by atoms with Gasteiger partial charge in [0, 0.05) is 56.6 Å². The number of benzene rings is 10. The van der Waals surface area contributed by atoms with Crippen molar-refractivity contribution < 1.29 is 0 Å². The van der Waals surface area contributed by atoms with Crippen molar-refractivity contribution in [1.29, 1.82) is 0 Å². The monoisotopic (exact) mass is 1180 g/mol. The molecule has 0 amide bonds. The summed E-state index contributed by atoms with van der Waals surface area (Å²) in [7, 11) is 0. The normalized spacial score (nSPS) is 18.2. The second-order valence-electron chi connectivity index (χ2n) is 31.3. The Kier molecular flexibility index (Phi) is 14.3. The molecule has 4 aliphatic rings. The lowest BCUT2D eigenvalue weighted by atomic mass is 9.33. The first-order valence-electron chi connectivity index (χ1n) is 33.4. The van der Waals surface area contributed by atoms with Gasteiger partial charge in [0.1, 0.15) is 0 Å². The van der Waals surface area contributed by atoms with Gasteiger partial charge in [-0.2, -0.15) is 0 Å². The predicted octanol–water partition coefficient (Wildman–Crippen LogP) is 21.4. The Labute approximate surface area is 539 Å². The summed E-state index contributed by atoms with van der Waals surface area (Å²) in [6.07, 6.45) is 5.52. The van der Waals surface area contributed by atoms with Crippen molar-refractivity contribution in [2.24, 2.45) is 0 Å². The first-order valence-corrected chi connectivity index (χ1v) is 33.4. The first kappa shape index (κ1) is 59.3. The van der Waals surface area contributed by atoms with Gasteiger partial charge in [-0.15, -0.1) is 0 Å². The van der Waals surface area contributed by atoms with Crippen LogP contribution in [-0.4, -0.2) is 12.3 Å². The molecule has 14 rings (SSSR count). The van der Waals surface area contributed by atoms with Crippen molar-refractivity contribution in [3.05, 3.63) is 269 Å². The first-order chi connectivity index (χ1) is 42.9. The Morgan fingerprint density at radius 1 is 0.389 bits per heavy atom. The predicted molar refractivity (Wildman–Crippen MR) is 387 cm³/mol. The molecule has 0 bridgehead atoms. The molecule has 1 fully saturated rings. The van der Waals surface area contributed by atoms with E-state index in [0.717, 1.165) is 19.3 Å². The van der Waals surface area contributed by atoms with Crippen LogP contribution in [0.2, 0.25) is 0 Å². The van der Waals surface area contributed by atoms with Gasteiger partial charge in [0.25, 0.3) is 6.71 Å². The van der Waals surface area contributed by atoms with Crippen LogP contribution in [0.25, 0.3) is 22.3 Å². The minimum absolute atomic E-state index is 0.0740. The maximum atomic E-state index is 2.86. The van der Waals surface area contributed by atoms with E-state index < -0.39 is 0 Å². The van der Waals surface area contributed by atoms with Gasteiger partial charge in [0.05, 0.1) is 16.9 Å². The molecule has 1 aliphatic carbocycles. The molecule has 0 radical (unpaired) electrons. The number of hydrogen-bond acceptors (Lipinski definition) is 3.